The minimum absolute atomic E-state index is 0.155. The SMILES string of the molecule is CCN(c1ccccc1)c1ccc(NC(C)=O)nn1. The van der Waals surface area contributed by atoms with Gasteiger partial charge in [-0.1, -0.05) is 18.2 Å². The van der Waals surface area contributed by atoms with Crippen LogP contribution in [0.25, 0.3) is 0 Å². The molecule has 0 radical (unpaired) electrons. The van der Waals surface area contributed by atoms with Crippen molar-refractivity contribution in [3.63, 3.8) is 0 Å². The van der Waals surface area contributed by atoms with Crippen LogP contribution in [0.1, 0.15) is 13.8 Å². The molecule has 0 spiro atoms. The highest BCUT2D eigenvalue weighted by atomic mass is 16.1. The number of benzene rings is 1. The summed E-state index contributed by atoms with van der Waals surface area (Å²) in [7, 11) is 0. The number of aromatic nitrogens is 2. The van der Waals surface area contributed by atoms with Gasteiger partial charge in [-0.15, -0.1) is 10.2 Å². The minimum atomic E-state index is -0.155. The normalized spacial score (nSPS) is 10.0. The molecule has 2 aromatic rings. The summed E-state index contributed by atoms with van der Waals surface area (Å²) in [6, 6.07) is 13.6. The van der Waals surface area contributed by atoms with Gasteiger partial charge in [0.1, 0.15) is 0 Å². The van der Waals surface area contributed by atoms with Crippen molar-refractivity contribution in [3.05, 3.63) is 42.5 Å². The fourth-order valence-corrected chi connectivity index (χ4v) is 1.80. The first kappa shape index (κ1) is 13.0. The number of rotatable bonds is 4. The zero-order valence-electron chi connectivity index (χ0n) is 11.0. The topological polar surface area (TPSA) is 58.1 Å². The largest absolute Gasteiger partial charge is 0.325 e. The molecule has 0 unspecified atom stereocenters. The maximum Gasteiger partial charge on any atom is 0.222 e. The predicted octanol–water partition coefficient (Wildman–Crippen LogP) is 2.59. The van der Waals surface area contributed by atoms with E-state index in [1.807, 2.05) is 41.3 Å². The van der Waals surface area contributed by atoms with Crippen molar-refractivity contribution >= 4 is 23.2 Å². The molecular weight excluding hydrogens is 240 g/mol. The van der Waals surface area contributed by atoms with E-state index in [2.05, 4.69) is 22.4 Å². The summed E-state index contributed by atoms with van der Waals surface area (Å²) in [6.07, 6.45) is 0. The van der Waals surface area contributed by atoms with E-state index in [0.717, 1.165) is 18.1 Å². The van der Waals surface area contributed by atoms with Gasteiger partial charge in [0.2, 0.25) is 5.91 Å². The lowest BCUT2D eigenvalue weighted by molar-refractivity contribution is -0.114. The fourth-order valence-electron chi connectivity index (χ4n) is 1.80. The number of anilines is 3. The third-order valence-corrected chi connectivity index (χ3v) is 2.62. The van der Waals surface area contributed by atoms with E-state index < -0.39 is 0 Å². The van der Waals surface area contributed by atoms with Gasteiger partial charge in [-0.2, -0.15) is 0 Å². The Labute approximate surface area is 112 Å². The maximum absolute atomic E-state index is 10.9. The third kappa shape index (κ3) is 3.28. The van der Waals surface area contributed by atoms with Crippen molar-refractivity contribution in [2.45, 2.75) is 13.8 Å². The number of hydrogen-bond donors (Lipinski definition) is 1. The average molecular weight is 256 g/mol. The van der Waals surface area contributed by atoms with E-state index in [-0.39, 0.29) is 5.91 Å². The molecule has 0 saturated heterocycles. The van der Waals surface area contributed by atoms with Gasteiger partial charge >= 0.3 is 0 Å². The van der Waals surface area contributed by atoms with E-state index in [0.29, 0.717) is 5.82 Å². The molecule has 0 aliphatic rings. The Hall–Kier alpha value is -2.43. The Kier molecular flexibility index (Phi) is 4.07. The van der Waals surface area contributed by atoms with Gasteiger partial charge in [-0.25, -0.2) is 0 Å². The van der Waals surface area contributed by atoms with Crippen molar-refractivity contribution in [2.75, 3.05) is 16.8 Å². The second-order valence-corrected chi connectivity index (χ2v) is 4.04. The molecule has 2 rings (SSSR count). The van der Waals surface area contributed by atoms with E-state index >= 15 is 0 Å². The Balaban J connectivity index is 2.22. The molecule has 98 valence electrons. The molecule has 5 heteroatoms. The van der Waals surface area contributed by atoms with Crippen molar-refractivity contribution in [1.29, 1.82) is 0 Å². The molecule has 1 aromatic heterocycles. The van der Waals surface area contributed by atoms with E-state index in [1.165, 1.54) is 6.92 Å². The molecule has 0 atom stereocenters. The Morgan fingerprint density at radius 3 is 2.42 bits per heavy atom. The second-order valence-electron chi connectivity index (χ2n) is 4.04. The zero-order chi connectivity index (χ0) is 13.7. The number of amides is 1. The fraction of sp³-hybridized carbons (Fsp3) is 0.214. The van der Waals surface area contributed by atoms with Crippen molar-refractivity contribution in [3.8, 4) is 0 Å². The summed E-state index contributed by atoms with van der Waals surface area (Å²) in [5.74, 6) is 1.06. The van der Waals surface area contributed by atoms with Crippen molar-refractivity contribution in [2.24, 2.45) is 0 Å². The van der Waals surface area contributed by atoms with Gasteiger partial charge in [-0.05, 0) is 31.2 Å². The Bertz CT molecular complexity index is 539. The van der Waals surface area contributed by atoms with Gasteiger partial charge in [0, 0.05) is 19.2 Å². The van der Waals surface area contributed by atoms with Gasteiger partial charge in [-0.3, -0.25) is 4.79 Å². The van der Waals surface area contributed by atoms with Gasteiger partial charge in [0.25, 0.3) is 0 Å². The van der Waals surface area contributed by atoms with Crippen LogP contribution in [0, 0.1) is 0 Å². The van der Waals surface area contributed by atoms with Gasteiger partial charge in [0.15, 0.2) is 11.6 Å². The summed E-state index contributed by atoms with van der Waals surface area (Å²) in [4.78, 5) is 13.0. The highest BCUT2D eigenvalue weighted by Crippen LogP contribution is 2.22. The summed E-state index contributed by atoms with van der Waals surface area (Å²) in [6.45, 7) is 4.28. The standard InChI is InChI=1S/C14H16N4O/c1-3-18(12-7-5-4-6-8-12)14-10-9-13(16-17-14)15-11(2)19/h4-10H,3H2,1-2H3,(H,15,16,19). The lowest BCUT2D eigenvalue weighted by Crippen LogP contribution is -2.18. The molecule has 0 aliphatic heterocycles. The number of para-hydroxylation sites is 1. The van der Waals surface area contributed by atoms with Crippen LogP contribution in [0.2, 0.25) is 0 Å². The highest BCUT2D eigenvalue weighted by Gasteiger charge is 2.08. The van der Waals surface area contributed by atoms with Crippen LogP contribution in [-0.4, -0.2) is 22.6 Å². The molecule has 0 saturated carbocycles. The van der Waals surface area contributed by atoms with Gasteiger partial charge in [0.05, 0.1) is 0 Å². The number of hydrogen-bond acceptors (Lipinski definition) is 4. The molecule has 5 nitrogen and oxygen atoms in total. The number of carbonyl (C=O) groups excluding carboxylic acids is 1. The molecule has 1 aromatic carbocycles. The van der Waals surface area contributed by atoms with Crippen LogP contribution in [-0.2, 0) is 4.79 Å². The summed E-state index contributed by atoms with van der Waals surface area (Å²) in [5.41, 5.74) is 1.06. The first-order chi connectivity index (χ1) is 9.20. The monoisotopic (exact) mass is 256 g/mol. The van der Waals surface area contributed by atoms with Gasteiger partial charge < -0.3 is 10.2 Å². The first-order valence-corrected chi connectivity index (χ1v) is 6.14. The van der Waals surface area contributed by atoms with Crippen LogP contribution in [0.3, 0.4) is 0 Å². The highest BCUT2D eigenvalue weighted by molar-refractivity contribution is 5.87. The van der Waals surface area contributed by atoms with Crippen LogP contribution >= 0.6 is 0 Å². The summed E-state index contributed by atoms with van der Waals surface area (Å²) < 4.78 is 0. The molecule has 0 fully saturated rings. The first-order valence-electron chi connectivity index (χ1n) is 6.14. The van der Waals surface area contributed by atoms with Crippen LogP contribution in [0.4, 0.5) is 17.3 Å². The molecule has 0 bridgehead atoms. The lowest BCUT2D eigenvalue weighted by atomic mass is 10.3. The van der Waals surface area contributed by atoms with E-state index in [4.69, 9.17) is 0 Å². The quantitative estimate of drug-likeness (QED) is 0.913. The molecule has 0 aliphatic carbocycles. The Morgan fingerprint density at radius 2 is 1.89 bits per heavy atom. The number of nitrogens with one attached hydrogen (secondary N) is 1. The maximum atomic E-state index is 10.9. The van der Waals surface area contributed by atoms with E-state index in [9.17, 15) is 4.79 Å². The zero-order valence-corrected chi connectivity index (χ0v) is 11.0. The second kappa shape index (κ2) is 5.95. The average Bonchev–Trinajstić information content (AvgIpc) is 2.42. The van der Waals surface area contributed by atoms with Crippen LogP contribution in [0.15, 0.2) is 42.5 Å². The van der Waals surface area contributed by atoms with Crippen molar-refractivity contribution < 1.29 is 4.79 Å². The number of carbonyl (C=O) groups is 1. The van der Waals surface area contributed by atoms with E-state index in [1.54, 1.807) is 6.07 Å². The predicted molar refractivity (Wildman–Crippen MR) is 75.5 cm³/mol. The van der Waals surface area contributed by atoms with Crippen LogP contribution < -0.4 is 10.2 Å². The van der Waals surface area contributed by atoms with Crippen LogP contribution in [0.5, 0.6) is 0 Å². The molecule has 1 amide bonds. The summed E-state index contributed by atoms with van der Waals surface area (Å²) >= 11 is 0. The molecular formula is C14H16N4O. The molecule has 1 heterocycles. The minimum Gasteiger partial charge on any atom is -0.325 e. The smallest absolute Gasteiger partial charge is 0.222 e. The third-order valence-electron chi connectivity index (χ3n) is 2.62. The summed E-state index contributed by atoms with van der Waals surface area (Å²) in [5, 5.41) is 10.7. The number of nitrogens with zero attached hydrogens (tertiary/aromatic N) is 3. The Morgan fingerprint density at radius 1 is 1.16 bits per heavy atom. The molecule has 19 heavy (non-hydrogen) atoms. The van der Waals surface area contributed by atoms with Crippen molar-refractivity contribution in [1.82, 2.24) is 10.2 Å². The lowest BCUT2D eigenvalue weighted by Gasteiger charge is -2.21. The molecule has 1 N–H and O–H groups in total.